The third-order valence-electron chi connectivity index (χ3n) is 26.0. The number of carbonyl (C=O) groups is 8. The van der Waals surface area contributed by atoms with Gasteiger partial charge in [0.15, 0.2) is 0 Å². The Balaban J connectivity index is 6.17. The van der Waals surface area contributed by atoms with Gasteiger partial charge in [-0.3, -0.25) is 48.2 Å². The lowest BCUT2D eigenvalue weighted by atomic mass is 9.94. The van der Waals surface area contributed by atoms with Gasteiger partial charge in [0, 0.05) is 52.4 Å². The zero-order chi connectivity index (χ0) is 95.6. The van der Waals surface area contributed by atoms with Crippen LogP contribution in [0.4, 0.5) is 0 Å². The van der Waals surface area contributed by atoms with Gasteiger partial charge in [0.1, 0.15) is 24.4 Å². The number of hydrogen-bond acceptors (Lipinski definition) is 19. The van der Waals surface area contributed by atoms with Gasteiger partial charge in [0.25, 0.3) is 0 Å². The fourth-order valence-corrected chi connectivity index (χ4v) is 17.3. The first-order valence-corrected chi connectivity index (χ1v) is 54.9. The second kappa shape index (κ2) is 93.5. The van der Waals surface area contributed by atoms with Crippen molar-refractivity contribution < 1.29 is 77.7 Å². The maximum atomic E-state index is 13.5. The van der Waals surface area contributed by atoms with Crippen LogP contribution in [-0.2, 0) is 57.3 Å². The number of aliphatic hydroxyl groups is 4. The van der Waals surface area contributed by atoms with Gasteiger partial charge in [-0.25, -0.2) is 0 Å². The Hall–Kier alpha value is -4.52. The van der Waals surface area contributed by atoms with E-state index in [1.807, 2.05) is 7.05 Å². The molecule has 0 aromatic rings. The molecule has 8 atom stereocenters. The minimum absolute atomic E-state index is 0.0496. The van der Waals surface area contributed by atoms with Gasteiger partial charge in [-0.2, -0.15) is 0 Å². The SMILES string of the molecule is CCCCCCCCC(CCCCCC)C(=O)OCCCCCCNC(=O)C(O)CN(CCCN(C)CCCN(CC(O)C(=O)NCCCCCCOC(=O)C(CCCCCC)CCCCCCCC)CC(O)C(=O)NCCCCCCOC(=O)C(CCCCCC)CCCCCCCC)CC(O)C(=O)NCCCCCCOC(=O)C(CCCCCC)CCCCCCCC. The number of carbonyl (C=O) groups excluding carboxylic acids is 8. The monoisotopic (exact) mass is 1850 g/mol. The maximum absolute atomic E-state index is 13.5. The van der Waals surface area contributed by atoms with Gasteiger partial charge in [-0.15, -0.1) is 0 Å². The highest BCUT2D eigenvalue weighted by Crippen LogP contribution is 2.26. The van der Waals surface area contributed by atoms with E-state index in [-0.39, 0.29) is 73.7 Å². The number of amides is 4. The predicted octanol–water partition coefficient (Wildman–Crippen LogP) is 22.0. The Morgan fingerprint density at radius 2 is 0.377 bits per heavy atom. The van der Waals surface area contributed by atoms with Crippen molar-refractivity contribution in [3.63, 3.8) is 0 Å². The molecule has 766 valence electrons. The van der Waals surface area contributed by atoms with E-state index >= 15 is 0 Å². The summed E-state index contributed by atoms with van der Waals surface area (Å²) in [6, 6.07) is 0. The Labute approximate surface area is 796 Å². The molecule has 0 fully saturated rings. The van der Waals surface area contributed by atoms with Crippen molar-refractivity contribution in [1.29, 1.82) is 0 Å². The van der Waals surface area contributed by atoms with Crippen molar-refractivity contribution in [3.05, 3.63) is 0 Å². The van der Waals surface area contributed by atoms with Gasteiger partial charge >= 0.3 is 23.9 Å². The highest BCUT2D eigenvalue weighted by Gasteiger charge is 2.29. The summed E-state index contributed by atoms with van der Waals surface area (Å²) in [5, 5.41) is 57.2. The molecule has 0 aromatic carbocycles. The first-order chi connectivity index (χ1) is 63.3. The number of aliphatic hydroxyl groups excluding tert-OH is 4. The molecule has 8 unspecified atom stereocenters. The summed E-state index contributed by atoms with van der Waals surface area (Å²) >= 11 is 0. The van der Waals surface area contributed by atoms with Gasteiger partial charge in [0.2, 0.25) is 23.6 Å². The molecule has 130 heavy (non-hydrogen) atoms. The van der Waals surface area contributed by atoms with E-state index in [1.54, 1.807) is 9.80 Å². The second-order valence-electron chi connectivity index (χ2n) is 38.5. The summed E-state index contributed by atoms with van der Waals surface area (Å²) in [4.78, 5) is 113. The molecule has 23 nitrogen and oxygen atoms in total. The van der Waals surface area contributed by atoms with E-state index < -0.39 is 48.0 Å². The van der Waals surface area contributed by atoms with Gasteiger partial charge in [-0.1, -0.05) is 338 Å². The summed E-state index contributed by atoms with van der Waals surface area (Å²) in [7, 11) is 1.95. The number of ether oxygens (including phenoxy) is 4. The lowest BCUT2D eigenvalue weighted by Gasteiger charge is -2.28. The van der Waals surface area contributed by atoms with Crippen molar-refractivity contribution in [3.8, 4) is 0 Å². The molecule has 0 aliphatic rings. The summed E-state index contributed by atoms with van der Waals surface area (Å²) < 4.78 is 23.3. The van der Waals surface area contributed by atoms with Gasteiger partial charge < -0.3 is 65.5 Å². The van der Waals surface area contributed by atoms with Crippen LogP contribution in [0.15, 0.2) is 0 Å². The largest absolute Gasteiger partial charge is 0.465 e. The van der Waals surface area contributed by atoms with Crippen molar-refractivity contribution in [1.82, 2.24) is 36.0 Å². The van der Waals surface area contributed by atoms with Crippen molar-refractivity contribution in [2.75, 3.05) is 112 Å². The van der Waals surface area contributed by atoms with E-state index in [1.165, 1.54) is 128 Å². The van der Waals surface area contributed by atoms with Crippen LogP contribution < -0.4 is 21.3 Å². The molecule has 0 spiro atoms. The lowest BCUT2D eigenvalue weighted by molar-refractivity contribution is -0.150. The fourth-order valence-electron chi connectivity index (χ4n) is 17.3. The molecular weight excluding hydrogens is 1640 g/mol. The van der Waals surface area contributed by atoms with Crippen LogP contribution in [-0.4, -0.2) is 219 Å². The number of nitrogens with one attached hydrogen (secondary N) is 4. The number of rotatable bonds is 100. The zero-order valence-electron chi connectivity index (χ0n) is 85.6. The summed E-state index contributed by atoms with van der Waals surface area (Å²) in [5.41, 5.74) is 0. The molecule has 0 aliphatic carbocycles. The van der Waals surface area contributed by atoms with E-state index in [4.69, 9.17) is 18.9 Å². The third kappa shape index (κ3) is 76.6. The molecule has 0 heterocycles. The zero-order valence-corrected chi connectivity index (χ0v) is 85.6. The highest BCUT2D eigenvalue weighted by atomic mass is 16.5. The Bertz CT molecular complexity index is 2280. The topological polar surface area (TPSA) is 312 Å². The summed E-state index contributed by atoms with van der Waals surface area (Å²) in [6.07, 6.45) is 60.8. The molecule has 0 aromatic heterocycles. The molecule has 0 bridgehead atoms. The average molecular weight is 1850 g/mol. The van der Waals surface area contributed by atoms with Crippen LogP contribution in [0.1, 0.15) is 479 Å². The highest BCUT2D eigenvalue weighted by molar-refractivity contribution is 5.82. The molecule has 8 N–H and O–H groups in total. The summed E-state index contributed by atoms with van der Waals surface area (Å²) in [6.45, 7) is 21.7. The van der Waals surface area contributed by atoms with Crippen LogP contribution in [0.25, 0.3) is 0 Å². The molecule has 23 heteroatoms. The first-order valence-electron chi connectivity index (χ1n) is 54.9. The van der Waals surface area contributed by atoms with E-state index in [9.17, 15) is 58.8 Å². The van der Waals surface area contributed by atoms with Gasteiger partial charge in [0.05, 0.1) is 50.1 Å². The normalized spacial score (nSPS) is 13.5. The van der Waals surface area contributed by atoms with E-state index in [0.717, 1.165) is 257 Å². The third-order valence-corrected chi connectivity index (χ3v) is 26.0. The maximum Gasteiger partial charge on any atom is 0.308 e. The van der Waals surface area contributed by atoms with Crippen molar-refractivity contribution >= 4 is 47.5 Å². The van der Waals surface area contributed by atoms with Crippen molar-refractivity contribution in [2.45, 2.75) is 504 Å². The Kier molecular flexibility index (Phi) is 90.2. The average Bonchev–Trinajstić information content (AvgIpc) is 0.897. The van der Waals surface area contributed by atoms with Crippen LogP contribution in [0.5, 0.6) is 0 Å². The number of unbranched alkanes of at least 4 members (excludes halogenated alkanes) is 44. The molecule has 0 saturated heterocycles. The molecule has 0 radical (unpaired) electrons. The number of hydrogen-bond donors (Lipinski definition) is 8. The number of nitrogens with zero attached hydrogens (tertiary/aromatic N) is 3. The van der Waals surface area contributed by atoms with Crippen LogP contribution in [0, 0.1) is 23.7 Å². The predicted molar refractivity (Wildman–Crippen MR) is 534 cm³/mol. The molecular formula is C107H207N7O16. The van der Waals surface area contributed by atoms with Crippen LogP contribution in [0.2, 0.25) is 0 Å². The Morgan fingerprint density at radius 3 is 0.569 bits per heavy atom. The second-order valence-corrected chi connectivity index (χ2v) is 38.5. The number of esters is 4. The van der Waals surface area contributed by atoms with E-state index in [2.05, 4.69) is 81.6 Å². The molecule has 0 saturated carbocycles. The minimum Gasteiger partial charge on any atom is -0.465 e. The summed E-state index contributed by atoms with van der Waals surface area (Å²) in [5.74, 6) is -2.73. The molecule has 0 rings (SSSR count). The van der Waals surface area contributed by atoms with E-state index in [0.29, 0.717) is 117 Å². The Morgan fingerprint density at radius 1 is 0.215 bits per heavy atom. The molecule has 0 aliphatic heterocycles. The van der Waals surface area contributed by atoms with Crippen LogP contribution in [0.3, 0.4) is 0 Å². The lowest BCUT2D eigenvalue weighted by Crippen LogP contribution is -2.49. The minimum atomic E-state index is -1.45. The van der Waals surface area contributed by atoms with Gasteiger partial charge in [-0.05, 0) is 174 Å². The fraction of sp³-hybridized carbons (Fsp3) is 0.925. The quantitative estimate of drug-likeness (QED) is 0.0159. The first kappa shape index (κ1) is 125. The standard InChI is InChI=1S/C107H207N7O16/c1-10-18-26-34-38-54-72-92(68-50-30-22-14-5)104(123)127-84-62-46-42-58-76-108-100(119)96(115)88-113(89-97(116)101(120)109-77-59-43-47-63-85-128-105(124)93(69-51-31-23-15-6)73-55-39-35-27-19-11-2)82-66-80-112(9)81-67-83-114(90-98(117)102(121)110-78-60-44-48-64-86-129-106(125)94(70-52-32-24-16-7)74-56-40-36-28-20-12-3)91-99(118)103(122)111-79-61-45-49-65-87-130-107(126)95(71-53-33-25-17-8)75-57-41-37-29-21-13-4/h92-99,115-118H,10-91H2,1-9H3,(H,108,119)(H,109,120)(H,110,121)(H,111,122). The smallest absolute Gasteiger partial charge is 0.308 e. The van der Waals surface area contributed by atoms with Crippen molar-refractivity contribution in [2.24, 2.45) is 23.7 Å². The van der Waals surface area contributed by atoms with Crippen LogP contribution >= 0.6 is 0 Å². The molecule has 4 amide bonds.